The Morgan fingerprint density at radius 2 is 2.11 bits per heavy atom. The summed E-state index contributed by atoms with van der Waals surface area (Å²) >= 11 is 3.44. The normalized spacial score (nSPS) is 20.0. The van der Waals surface area contributed by atoms with Crippen LogP contribution in [0.4, 0.5) is 4.39 Å². The summed E-state index contributed by atoms with van der Waals surface area (Å²) in [4.78, 5) is 2.41. The third-order valence-electron chi connectivity index (χ3n) is 3.80. The minimum Gasteiger partial charge on any atom is -0.329 e. The molecule has 1 aromatic carbocycles. The molecule has 18 heavy (non-hydrogen) atoms. The molecule has 0 amide bonds. The van der Waals surface area contributed by atoms with Crippen LogP contribution in [0.3, 0.4) is 0 Å². The van der Waals surface area contributed by atoms with E-state index in [2.05, 4.69) is 27.8 Å². The van der Waals surface area contributed by atoms with Crippen LogP contribution in [0.2, 0.25) is 0 Å². The molecule has 0 aromatic heterocycles. The highest BCUT2D eigenvalue weighted by molar-refractivity contribution is 9.10. The minimum absolute atomic E-state index is 0.187. The fourth-order valence-electron chi connectivity index (χ4n) is 2.58. The second kappa shape index (κ2) is 6.13. The fourth-order valence-corrected chi connectivity index (χ4v) is 3.20. The second-order valence-electron chi connectivity index (χ2n) is 5.14. The Balaban J connectivity index is 2.17. The van der Waals surface area contributed by atoms with Crippen molar-refractivity contribution in [2.24, 2.45) is 11.7 Å². The smallest absolute Gasteiger partial charge is 0.124 e. The van der Waals surface area contributed by atoms with Gasteiger partial charge in [-0.05, 0) is 49.5 Å². The molecule has 1 heterocycles. The zero-order valence-corrected chi connectivity index (χ0v) is 12.3. The molecule has 1 saturated heterocycles. The van der Waals surface area contributed by atoms with Crippen LogP contribution in [0, 0.1) is 11.7 Å². The number of likely N-dealkylation sites (tertiary alicyclic amines) is 1. The van der Waals surface area contributed by atoms with Gasteiger partial charge in [0.05, 0.1) is 0 Å². The van der Waals surface area contributed by atoms with Crippen molar-refractivity contribution in [3.05, 3.63) is 34.1 Å². The Morgan fingerprint density at radius 1 is 1.44 bits per heavy atom. The zero-order valence-electron chi connectivity index (χ0n) is 10.7. The molecule has 1 aliphatic rings. The van der Waals surface area contributed by atoms with Gasteiger partial charge >= 0.3 is 0 Å². The molecule has 2 rings (SSSR count). The maximum absolute atomic E-state index is 13.1. The summed E-state index contributed by atoms with van der Waals surface area (Å²) in [6, 6.07) is 5.06. The molecule has 2 nitrogen and oxygen atoms in total. The first-order valence-corrected chi connectivity index (χ1v) is 7.30. The van der Waals surface area contributed by atoms with Crippen LogP contribution < -0.4 is 5.73 Å². The molecular formula is C14H20BrFN2. The van der Waals surface area contributed by atoms with Gasteiger partial charge in [0.15, 0.2) is 0 Å². The summed E-state index contributed by atoms with van der Waals surface area (Å²) in [7, 11) is 0. The van der Waals surface area contributed by atoms with Crippen LogP contribution in [0.5, 0.6) is 0 Å². The highest BCUT2D eigenvalue weighted by Gasteiger charge is 2.24. The largest absolute Gasteiger partial charge is 0.329 e. The maximum atomic E-state index is 13.1. The van der Waals surface area contributed by atoms with Crippen molar-refractivity contribution < 1.29 is 4.39 Å². The summed E-state index contributed by atoms with van der Waals surface area (Å²) in [6.45, 7) is 5.01. The van der Waals surface area contributed by atoms with E-state index in [4.69, 9.17) is 5.73 Å². The second-order valence-corrected chi connectivity index (χ2v) is 5.99. The highest BCUT2D eigenvalue weighted by Crippen LogP contribution is 2.30. The quantitative estimate of drug-likeness (QED) is 0.927. The molecule has 1 fully saturated rings. The average molecular weight is 315 g/mol. The average Bonchev–Trinajstić information content (AvgIpc) is 2.35. The lowest BCUT2D eigenvalue weighted by atomic mass is 9.96. The molecule has 1 aliphatic heterocycles. The summed E-state index contributed by atoms with van der Waals surface area (Å²) in [6.07, 6.45) is 2.44. The predicted octanol–water partition coefficient (Wildman–Crippen LogP) is 3.32. The Bertz CT molecular complexity index is 403. The molecule has 1 atom stereocenters. The van der Waals surface area contributed by atoms with E-state index in [0.717, 1.165) is 29.0 Å². The number of nitrogens with two attached hydrogens (primary N) is 1. The molecule has 0 radical (unpaired) electrons. The lowest BCUT2D eigenvalue weighted by Crippen LogP contribution is -2.39. The molecule has 0 saturated carbocycles. The monoisotopic (exact) mass is 314 g/mol. The molecule has 0 bridgehead atoms. The van der Waals surface area contributed by atoms with Gasteiger partial charge in [-0.25, -0.2) is 4.39 Å². The van der Waals surface area contributed by atoms with Crippen LogP contribution in [-0.2, 0) is 0 Å². The van der Waals surface area contributed by atoms with Gasteiger partial charge in [0.1, 0.15) is 5.82 Å². The third kappa shape index (κ3) is 3.11. The summed E-state index contributed by atoms with van der Waals surface area (Å²) < 4.78 is 13.9. The Kier molecular flexibility index (Phi) is 4.76. The molecular weight excluding hydrogens is 295 g/mol. The minimum atomic E-state index is -0.214. The van der Waals surface area contributed by atoms with E-state index in [9.17, 15) is 4.39 Å². The number of rotatable bonds is 3. The SMILES string of the molecule is CC1CCN(C(CN)c2ccc(F)cc2Br)CC1. The van der Waals surface area contributed by atoms with E-state index in [1.165, 1.54) is 25.0 Å². The van der Waals surface area contributed by atoms with Crippen LogP contribution in [0.25, 0.3) is 0 Å². The Morgan fingerprint density at radius 3 is 2.67 bits per heavy atom. The van der Waals surface area contributed by atoms with Crippen LogP contribution in [-0.4, -0.2) is 24.5 Å². The van der Waals surface area contributed by atoms with Gasteiger partial charge in [0.2, 0.25) is 0 Å². The van der Waals surface area contributed by atoms with E-state index in [1.807, 2.05) is 6.07 Å². The zero-order chi connectivity index (χ0) is 13.1. The lowest BCUT2D eigenvalue weighted by Gasteiger charge is -2.36. The predicted molar refractivity (Wildman–Crippen MR) is 75.9 cm³/mol. The topological polar surface area (TPSA) is 29.3 Å². The van der Waals surface area contributed by atoms with Crippen LogP contribution in [0.1, 0.15) is 31.4 Å². The number of halogens is 2. The fraction of sp³-hybridized carbons (Fsp3) is 0.571. The van der Waals surface area contributed by atoms with Gasteiger partial charge in [0, 0.05) is 17.1 Å². The first-order chi connectivity index (χ1) is 8.61. The van der Waals surface area contributed by atoms with Crippen molar-refractivity contribution in [3.8, 4) is 0 Å². The van der Waals surface area contributed by atoms with Gasteiger partial charge in [-0.1, -0.05) is 28.9 Å². The number of benzene rings is 1. The van der Waals surface area contributed by atoms with Gasteiger partial charge in [-0.15, -0.1) is 0 Å². The molecule has 1 aromatic rings. The standard InChI is InChI=1S/C14H20BrFN2/c1-10-4-6-18(7-5-10)14(9-17)12-3-2-11(16)8-13(12)15/h2-3,8,10,14H,4-7,9,17H2,1H3. The molecule has 1 unspecified atom stereocenters. The van der Waals surface area contributed by atoms with E-state index in [1.54, 1.807) is 0 Å². The van der Waals surface area contributed by atoms with E-state index >= 15 is 0 Å². The van der Waals surface area contributed by atoms with Crippen molar-refractivity contribution in [1.29, 1.82) is 0 Å². The van der Waals surface area contributed by atoms with Crippen LogP contribution >= 0.6 is 15.9 Å². The first kappa shape index (κ1) is 14.0. The van der Waals surface area contributed by atoms with Crippen molar-refractivity contribution in [2.75, 3.05) is 19.6 Å². The van der Waals surface area contributed by atoms with Gasteiger partial charge < -0.3 is 5.73 Å². The van der Waals surface area contributed by atoms with E-state index in [-0.39, 0.29) is 11.9 Å². The van der Waals surface area contributed by atoms with E-state index < -0.39 is 0 Å². The Labute approximate surface area is 116 Å². The van der Waals surface area contributed by atoms with Crippen molar-refractivity contribution in [1.82, 2.24) is 4.90 Å². The molecule has 0 spiro atoms. The molecule has 0 aliphatic carbocycles. The van der Waals surface area contributed by atoms with Gasteiger partial charge in [-0.3, -0.25) is 4.90 Å². The summed E-state index contributed by atoms with van der Waals surface area (Å²) in [5.41, 5.74) is 7.01. The third-order valence-corrected chi connectivity index (χ3v) is 4.49. The molecule has 4 heteroatoms. The van der Waals surface area contributed by atoms with Crippen molar-refractivity contribution in [3.63, 3.8) is 0 Å². The van der Waals surface area contributed by atoms with Gasteiger partial charge in [0.25, 0.3) is 0 Å². The number of nitrogens with zero attached hydrogens (tertiary/aromatic N) is 1. The van der Waals surface area contributed by atoms with E-state index in [0.29, 0.717) is 6.54 Å². The maximum Gasteiger partial charge on any atom is 0.124 e. The number of hydrogen-bond acceptors (Lipinski definition) is 2. The summed E-state index contributed by atoms with van der Waals surface area (Å²) in [5.74, 6) is 0.588. The summed E-state index contributed by atoms with van der Waals surface area (Å²) in [5, 5.41) is 0. The Hall–Kier alpha value is -0.450. The van der Waals surface area contributed by atoms with Crippen molar-refractivity contribution >= 4 is 15.9 Å². The highest BCUT2D eigenvalue weighted by atomic mass is 79.9. The van der Waals surface area contributed by atoms with Gasteiger partial charge in [-0.2, -0.15) is 0 Å². The molecule has 2 N–H and O–H groups in total. The molecule has 100 valence electrons. The van der Waals surface area contributed by atoms with Crippen molar-refractivity contribution in [2.45, 2.75) is 25.8 Å². The van der Waals surface area contributed by atoms with Crippen LogP contribution in [0.15, 0.2) is 22.7 Å². The lowest BCUT2D eigenvalue weighted by molar-refractivity contribution is 0.141. The first-order valence-electron chi connectivity index (χ1n) is 6.51. The number of hydrogen-bond donors (Lipinski definition) is 1. The number of piperidine rings is 1.